The molecule has 1 amide bonds. The molecule has 0 spiro atoms. The van der Waals surface area contributed by atoms with E-state index in [-0.39, 0.29) is 22.1 Å². The SMILES string of the molecule is CC1(C)C(N)=N[C@](C)(c2cc(NC(=O)c3ncc(Cl)cc3Cl)ccc2F)[C@@H]2CCN[SH]21=O. The Morgan fingerprint density at radius 3 is 2.72 bits per heavy atom. The number of rotatable bonds is 3. The van der Waals surface area contributed by atoms with Crippen LogP contribution < -0.4 is 15.8 Å². The van der Waals surface area contributed by atoms with Gasteiger partial charge < -0.3 is 11.1 Å². The minimum absolute atomic E-state index is 0.0145. The number of benzene rings is 1. The highest BCUT2D eigenvalue weighted by Gasteiger charge is 2.58. The summed E-state index contributed by atoms with van der Waals surface area (Å²) < 4.78 is 31.4. The number of anilines is 1. The molecule has 0 unspecified atom stereocenters. The van der Waals surface area contributed by atoms with Crippen molar-refractivity contribution in [2.75, 3.05) is 11.9 Å². The van der Waals surface area contributed by atoms with Crippen molar-refractivity contribution in [2.24, 2.45) is 10.7 Å². The van der Waals surface area contributed by atoms with Crippen LogP contribution in [-0.4, -0.2) is 37.5 Å². The number of aromatic nitrogens is 1. The van der Waals surface area contributed by atoms with Gasteiger partial charge in [0.05, 0.1) is 20.0 Å². The molecule has 2 aliphatic rings. The van der Waals surface area contributed by atoms with Gasteiger partial charge in [0.25, 0.3) is 5.91 Å². The van der Waals surface area contributed by atoms with Crippen LogP contribution in [0.3, 0.4) is 0 Å². The fourth-order valence-corrected chi connectivity index (χ4v) is 8.63. The molecule has 1 saturated heterocycles. The molecule has 2 atom stereocenters. The molecule has 1 aromatic carbocycles. The molecular weight excluding hydrogens is 476 g/mol. The van der Waals surface area contributed by atoms with Gasteiger partial charge in [-0.05, 0) is 61.6 Å². The number of hydrogen-bond donors (Lipinski definition) is 4. The number of fused-ring (bicyclic) bond motifs is 1. The molecule has 7 nitrogen and oxygen atoms in total. The van der Waals surface area contributed by atoms with Crippen molar-refractivity contribution in [3.63, 3.8) is 0 Å². The molecule has 1 fully saturated rings. The zero-order valence-corrected chi connectivity index (χ0v) is 20.2. The minimum atomic E-state index is -3.04. The highest BCUT2D eigenvalue weighted by Crippen LogP contribution is 2.49. The Balaban J connectivity index is 1.75. The summed E-state index contributed by atoms with van der Waals surface area (Å²) in [6.07, 6.45) is 1.87. The quantitative estimate of drug-likeness (QED) is 0.484. The largest absolute Gasteiger partial charge is 0.386 e. The van der Waals surface area contributed by atoms with E-state index in [1.807, 2.05) is 0 Å². The van der Waals surface area contributed by atoms with Crippen molar-refractivity contribution in [1.29, 1.82) is 0 Å². The first kappa shape index (κ1) is 23.1. The number of amidine groups is 1. The predicted octanol–water partition coefficient (Wildman–Crippen LogP) is 3.44. The van der Waals surface area contributed by atoms with Crippen LogP contribution in [0.25, 0.3) is 0 Å². The van der Waals surface area contributed by atoms with E-state index in [4.69, 9.17) is 28.9 Å². The summed E-state index contributed by atoms with van der Waals surface area (Å²) in [6.45, 7) is 5.87. The van der Waals surface area contributed by atoms with Crippen LogP contribution in [0.5, 0.6) is 0 Å². The first-order valence-electron chi connectivity index (χ1n) is 10.0. The summed E-state index contributed by atoms with van der Waals surface area (Å²) in [6, 6.07) is 5.57. The van der Waals surface area contributed by atoms with Gasteiger partial charge in [-0.15, -0.1) is 0 Å². The molecule has 11 heteroatoms. The maximum atomic E-state index is 15.1. The van der Waals surface area contributed by atoms with E-state index in [9.17, 15) is 9.00 Å². The fraction of sp³-hybridized carbons (Fsp3) is 0.381. The van der Waals surface area contributed by atoms with Gasteiger partial charge in [0.1, 0.15) is 22.9 Å². The molecular formula is C21H24Cl2FN5O2S. The summed E-state index contributed by atoms with van der Waals surface area (Å²) in [5, 5.41) is 2.63. The number of pyridine rings is 1. The number of carbonyl (C=O) groups is 1. The smallest absolute Gasteiger partial charge is 0.275 e. The van der Waals surface area contributed by atoms with Crippen LogP contribution >= 0.6 is 23.2 Å². The molecule has 2 aliphatic heterocycles. The summed E-state index contributed by atoms with van der Waals surface area (Å²) in [7, 11) is -3.04. The average molecular weight is 500 g/mol. The number of nitrogens with two attached hydrogens (primary N) is 1. The molecule has 0 saturated carbocycles. The number of carbonyl (C=O) groups excluding carboxylic acids is 1. The van der Waals surface area contributed by atoms with Crippen molar-refractivity contribution >= 4 is 50.8 Å². The van der Waals surface area contributed by atoms with E-state index in [1.54, 1.807) is 20.8 Å². The summed E-state index contributed by atoms with van der Waals surface area (Å²) in [5.41, 5.74) is 5.60. The van der Waals surface area contributed by atoms with Gasteiger partial charge in [0.15, 0.2) is 0 Å². The highest BCUT2D eigenvalue weighted by atomic mass is 35.5. The first-order chi connectivity index (χ1) is 14.9. The second-order valence-electron chi connectivity index (χ2n) is 8.71. The van der Waals surface area contributed by atoms with E-state index in [0.717, 1.165) is 0 Å². The van der Waals surface area contributed by atoms with Gasteiger partial charge in [-0.25, -0.2) is 9.37 Å². The molecule has 3 heterocycles. The van der Waals surface area contributed by atoms with Crippen molar-refractivity contribution in [3.8, 4) is 0 Å². The summed E-state index contributed by atoms with van der Waals surface area (Å²) in [5.74, 6) is -0.891. The second-order valence-corrected chi connectivity index (χ2v) is 12.9. The predicted molar refractivity (Wildman–Crippen MR) is 128 cm³/mol. The van der Waals surface area contributed by atoms with Gasteiger partial charge in [-0.1, -0.05) is 23.2 Å². The van der Waals surface area contributed by atoms with Gasteiger partial charge in [-0.2, -0.15) is 0 Å². The van der Waals surface area contributed by atoms with Crippen LogP contribution in [0.15, 0.2) is 35.5 Å². The average Bonchev–Trinajstić information content (AvgIpc) is 3.13. The number of aliphatic imine (C=N–C) groups is 1. The van der Waals surface area contributed by atoms with Gasteiger partial charge in [0, 0.05) is 24.0 Å². The van der Waals surface area contributed by atoms with Gasteiger partial charge in [-0.3, -0.25) is 18.7 Å². The molecule has 4 rings (SSSR count). The zero-order valence-electron chi connectivity index (χ0n) is 17.7. The summed E-state index contributed by atoms with van der Waals surface area (Å²) in [4.78, 5) is 21.3. The lowest BCUT2D eigenvalue weighted by Crippen LogP contribution is -2.64. The maximum Gasteiger partial charge on any atom is 0.275 e. The van der Waals surface area contributed by atoms with E-state index in [0.29, 0.717) is 23.7 Å². The Hall–Kier alpha value is -2.07. The van der Waals surface area contributed by atoms with Crippen molar-refractivity contribution in [3.05, 3.63) is 57.6 Å². The Morgan fingerprint density at radius 1 is 1.31 bits per heavy atom. The Morgan fingerprint density at radius 2 is 2.03 bits per heavy atom. The Kier molecular flexibility index (Phi) is 5.60. The number of nitrogens with one attached hydrogen (secondary N) is 2. The number of hydrogen-bond acceptors (Lipinski definition) is 5. The van der Waals surface area contributed by atoms with E-state index < -0.39 is 37.4 Å². The third-order valence-corrected chi connectivity index (χ3v) is 11.2. The lowest BCUT2D eigenvalue weighted by Gasteiger charge is -2.50. The highest BCUT2D eigenvalue weighted by molar-refractivity contribution is 8.04. The first-order valence-corrected chi connectivity index (χ1v) is 12.6. The molecule has 172 valence electrons. The Bertz CT molecular complexity index is 1200. The molecule has 2 aromatic rings. The second kappa shape index (κ2) is 7.76. The third kappa shape index (κ3) is 3.42. The van der Waals surface area contributed by atoms with Crippen molar-refractivity contribution < 1.29 is 13.4 Å². The molecule has 4 N–H and O–H groups in total. The molecule has 32 heavy (non-hydrogen) atoms. The van der Waals surface area contributed by atoms with Crippen LogP contribution in [0.1, 0.15) is 43.2 Å². The topological polar surface area (TPSA) is 109 Å². The fourth-order valence-electron chi connectivity index (χ4n) is 4.52. The van der Waals surface area contributed by atoms with E-state index in [2.05, 4.69) is 20.0 Å². The number of halogens is 3. The van der Waals surface area contributed by atoms with E-state index >= 15 is 4.39 Å². The van der Waals surface area contributed by atoms with Crippen LogP contribution in [0, 0.1) is 5.82 Å². The molecule has 1 aromatic heterocycles. The lowest BCUT2D eigenvalue weighted by molar-refractivity contribution is 0.102. The number of nitrogens with zero attached hydrogens (tertiary/aromatic N) is 2. The van der Waals surface area contributed by atoms with Gasteiger partial charge in [0.2, 0.25) is 0 Å². The standard InChI is InChI=1S/C21H24Cl2FN5O2S/c1-20(2)19(25)29-21(3,16-6-7-27-32(16,20)31)13-9-12(4-5-15(13)24)28-18(30)17-14(23)8-11(22)10-26-17/h4-5,8-10,16,32H,6-7H2,1-3H3,(H2,25,29)(H,27,31)(H,28,30)/t16-,21+/m0/s1. The summed E-state index contributed by atoms with van der Waals surface area (Å²) >= 11 is 11.9. The monoisotopic (exact) mass is 499 g/mol. The van der Waals surface area contributed by atoms with Crippen LogP contribution in [0.4, 0.5) is 10.1 Å². The number of amides is 1. The lowest BCUT2D eigenvalue weighted by atomic mass is 9.86. The zero-order chi connectivity index (χ0) is 23.5. The Labute approximate surface area is 196 Å². The van der Waals surface area contributed by atoms with E-state index in [1.165, 1.54) is 30.5 Å². The minimum Gasteiger partial charge on any atom is -0.386 e. The van der Waals surface area contributed by atoms with Crippen molar-refractivity contribution in [1.82, 2.24) is 9.71 Å². The number of thiol groups is 1. The van der Waals surface area contributed by atoms with Crippen molar-refractivity contribution in [2.45, 2.75) is 42.7 Å². The van der Waals surface area contributed by atoms with Crippen LogP contribution in [0.2, 0.25) is 10.0 Å². The normalized spacial score (nSPS) is 26.7. The molecule has 0 aliphatic carbocycles. The van der Waals surface area contributed by atoms with Gasteiger partial charge >= 0.3 is 0 Å². The third-order valence-electron chi connectivity index (χ3n) is 6.45. The molecule has 0 radical (unpaired) electrons. The van der Waals surface area contributed by atoms with Crippen LogP contribution in [-0.2, 0) is 15.7 Å². The maximum absolute atomic E-state index is 15.1. The molecule has 0 bridgehead atoms.